The van der Waals surface area contributed by atoms with Crippen LogP contribution < -0.4 is 4.74 Å². The van der Waals surface area contributed by atoms with Gasteiger partial charge in [-0.1, -0.05) is 0 Å². The first-order valence-corrected chi connectivity index (χ1v) is 7.50. The summed E-state index contributed by atoms with van der Waals surface area (Å²) in [4.78, 5) is 15.6. The predicted octanol–water partition coefficient (Wildman–Crippen LogP) is 1.71. The van der Waals surface area contributed by atoms with Gasteiger partial charge in [0.15, 0.2) is 0 Å². The van der Waals surface area contributed by atoms with Crippen LogP contribution in [0, 0.1) is 11.3 Å². The van der Waals surface area contributed by atoms with Gasteiger partial charge in [0.05, 0.1) is 18.2 Å². The van der Waals surface area contributed by atoms with Crippen molar-refractivity contribution in [3.63, 3.8) is 0 Å². The molecule has 1 aromatic rings. The number of nitriles is 1. The van der Waals surface area contributed by atoms with E-state index in [4.69, 9.17) is 14.7 Å². The van der Waals surface area contributed by atoms with E-state index in [1.807, 2.05) is 6.92 Å². The topological polar surface area (TPSA) is 65.8 Å². The lowest BCUT2D eigenvalue weighted by atomic mass is 10.2. The van der Waals surface area contributed by atoms with Gasteiger partial charge in [-0.15, -0.1) is 0 Å². The lowest BCUT2D eigenvalue weighted by Gasteiger charge is -2.33. The zero-order valence-electron chi connectivity index (χ0n) is 12.8. The highest BCUT2D eigenvalue weighted by Gasteiger charge is 2.21. The van der Waals surface area contributed by atoms with Crippen LogP contribution in [0.5, 0.6) is 5.75 Å². The number of hydrogen-bond acceptors (Lipinski definition) is 5. The number of nitrogens with zero attached hydrogens (tertiary/aromatic N) is 3. The molecule has 1 fully saturated rings. The summed E-state index contributed by atoms with van der Waals surface area (Å²) in [6.07, 6.45) is -0.226. The van der Waals surface area contributed by atoms with Gasteiger partial charge in [-0.2, -0.15) is 5.26 Å². The Labute approximate surface area is 130 Å². The molecular weight excluding hydrogens is 282 g/mol. The van der Waals surface area contributed by atoms with Crippen LogP contribution in [0.25, 0.3) is 0 Å². The molecule has 0 radical (unpaired) electrons. The maximum Gasteiger partial charge on any atom is 0.409 e. The highest BCUT2D eigenvalue weighted by atomic mass is 16.6. The van der Waals surface area contributed by atoms with Crippen molar-refractivity contribution in [1.29, 1.82) is 5.26 Å². The fraction of sp³-hybridized carbons (Fsp3) is 0.500. The van der Waals surface area contributed by atoms with E-state index in [1.54, 1.807) is 29.2 Å². The van der Waals surface area contributed by atoms with Crippen LogP contribution in [0.2, 0.25) is 0 Å². The number of benzene rings is 1. The molecular formula is C16H21N3O3. The first-order chi connectivity index (χ1) is 10.7. The second-order valence-corrected chi connectivity index (χ2v) is 5.01. The standard InChI is InChI=1S/C16H21N3O3/c1-2-21-16(20)19-9-7-18(8-10-19)11-12-22-15-5-3-14(13-17)4-6-15/h3-6H,2,7-12H2,1H3. The summed E-state index contributed by atoms with van der Waals surface area (Å²) in [6.45, 7) is 6.67. The number of carbonyl (C=O) groups is 1. The summed E-state index contributed by atoms with van der Waals surface area (Å²) in [6, 6.07) is 9.17. The van der Waals surface area contributed by atoms with Gasteiger partial charge >= 0.3 is 6.09 Å². The predicted molar refractivity (Wildman–Crippen MR) is 81.7 cm³/mol. The van der Waals surface area contributed by atoms with E-state index in [2.05, 4.69) is 11.0 Å². The summed E-state index contributed by atoms with van der Waals surface area (Å²) >= 11 is 0. The molecule has 1 amide bonds. The minimum atomic E-state index is -0.226. The third-order valence-electron chi connectivity index (χ3n) is 3.56. The fourth-order valence-corrected chi connectivity index (χ4v) is 2.29. The Kier molecular flexibility index (Phi) is 6.04. The summed E-state index contributed by atoms with van der Waals surface area (Å²) in [5, 5.41) is 8.73. The second kappa shape index (κ2) is 8.25. The van der Waals surface area contributed by atoms with Crippen LogP contribution in [0.1, 0.15) is 12.5 Å². The Morgan fingerprint density at radius 3 is 2.50 bits per heavy atom. The summed E-state index contributed by atoms with van der Waals surface area (Å²) in [5.41, 5.74) is 0.627. The van der Waals surface area contributed by atoms with Crippen LogP contribution in [-0.2, 0) is 4.74 Å². The minimum absolute atomic E-state index is 0.226. The number of ether oxygens (including phenoxy) is 2. The molecule has 0 aliphatic carbocycles. The normalized spacial score (nSPS) is 15.2. The monoisotopic (exact) mass is 303 g/mol. The van der Waals surface area contributed by atoms with Crippen molar-refractivity contribution in [1.82, 2.24) is 9.80 Å². The van der Waals surface area contributed by atoms with Gasteiger partial charge in [-0.3, -0.25) is 4.90 Å². The summed E-state index contributed by atoms with van der Waals surface area (Å²) < 4.78 is 10.7. The Hall–Kier alpha value is -2.26. The largest absolute Gasteiger partial charge is 0.492 e. The molecule has 118 valence electrons. The molecule has 6 nitrogen and oxygen atoms in total. The van der Waals surface area contributed by atoms with Gasteiger partial charge in [0.1, 0.15) is 12.4 Å². The quantitative estimate of drug-likeness (QED) is 0.828. The SMILES string of the molecule is CCOC(=O)N1CCN(CCOc2ccc(C#N)cc2)CC1. The number of piperazine rings is 1. The van der Waals surface area contributed by atoms with Crippen molar-refractivity contribution in [2.75, 3.05) is 45.9 Å². The molecule has 22 heavy (non-hydrogen) atoms. The van der Waals surface area contributed by atoms with Gasteiger partial charge in [-0.25, -0.2) is 4.79 Å². The number of rotatable bonds is 5. The van der Waals surface area contributed by atoms with Gasteiger partial charge in [0, 0.05) is 32.7 Å². The smallest absolute Gasteiger partial charge is 0.409 e. The number of amides is 1. The molecule has 6 heteroatoms. The van der Waals surface area contributed by atoms with Crippen molar-refractivity contribution in [3.8, 4) is 11.8 Å². The molecule has 0 atom stereocenters. The third kappa shape index (κ3) is 4.64. The first kappa shape index (κ1) is 16.1. The van der Waals surface area contributed by atoms with E-state index in [1.165, 1.54) is 0 Å². The Bertz CT molecular complexity index is 516. The van der Waals surface area contributed by atoms with Gasteiger partial charge in [-0.05, 0) is 31.2 Å². The minimum Gasteiger partial charge on any atom is -0.492 e. The molecule has 0 saturated carbocycles. The molecule has 0 N–H and O–H groups in total. The molecule has 1 aliphatic heterocycles. The Morgan fingerprint density at radius 2 is 1.91 bits per heavy atom. The van der Waals surface area contributed by atoms with E-state index in [-0.39, 0.29) is 6.09 Å². The van der Waals surface area contributed by atoms with Crippen LogP contribution in [-0.4, -0.2) is 61.8 Å². The van der Waals surface area contributed by atoms with Gasteiger partial charge < -0.3 is 14.4 Å². The zero-order chi connectivity index (χ0) is 15.8. The lowest BCUT2D eigenvalue weighted by Crippen LogP contribution is -2.49. The van der Waals surface area contributed by atoms with Gasteiger partial charge in [0.2, 0.25) is 0 Å². The third-order valence-corrected chi connectivity index (χ3v) is 3.56. The molecule has 1 heterocycles. The first-order valence-electron chi connectivity index (χ1n) is 7.50. The molecule has 1 aromatic carbocycles. The van der Waals surface area contributed by atoms with E-state index < -0.39 is 0 Å². The molecule has 1 aliphatic rings. The highest BCUT2D eigenvalue weighted by Crippen LogP contribution is 2.11. The molecule has 0 bridgehead atoms. The highest BCUT2D eigenvalue weighted by molar-refractivity contribution is 5.67. The maximum atomic E-state index is 11.6. The zero-order valence-corrected chi connectivity index (χ0v) is 12.8. The average molecular weight is 303 g/mol. The van der Waals surface area contributed by atoms with E-state index in [9.17, 15) is 4.79 Å². The lowest BCUT2D eigenvalue weighted by molar-refractivity contribution is 0.0757. The fourth-order valence-electron chi connectivity index (χ4n) is 2.29. The number of carbonyl (C=O) groups excluding carboxylic acids is 1. The van der Waals surface area contributed by atoms with Gasteiger partial charge in [0.25, 0.3) is 0 Å². The van der Waals surface area contributed by atoms with Crippen LogP contribution >= 0.6 is 0 Å². The molecule has 2 rings (SSSR count). The van der Waals surface area contributed by atoms with E-state index in [0.717, 1.165) is 25.4 Å². The molecule has 0 unspecified atom stereocenters. The van der Waals surface area contributed by atoms with Crippen molar-refractivity contribution in [2.24, 2.45) is 0 Å². The molecule has 1 saturated heterocycles. The van der Waals surface area contributed by atoms with Crippen molar-refractivity contribution in [3.05, 3.63) is 29.8 Å². The maximum absolute atomic E-state index is 11.6. The van der Waals surface area contributed by atoms with Crippen LogP contribution in [0.3, 0.4) is 0 Å². The second-order valence-electron chi connectivity index (χ2n) is 5.01. The van der Waals surface area contributed by atoms with Crippen molar-refractivity contribution in [2.45, 2.75) is 6.92 Å². The van der Waals surface area contributed by atoms with Crippen molar-refractivity contribution >= 4 is 6.09 Å². The Balaban J connectivity index is 1.66. The van der Waals surface area contributed by atoms with E-state index in [0.29, 0.717) is 31.9 Å². The summed E-state index contributed by atoms with van der Waals surface area (Å²) in [5.74, 6) is 0.768. The van der Waals surface area contributed by atoms with Crippen LogP contribution in [0.15, 0.2) is 24.3 Å². The average Bonchev–Trinajstić information content (AvgIpc) is 2.56. The Morgan fingerprint density at radius 1 is 1.23 bits per heavy atom. The van der Waals surface area contributed by atoms with Crippen LogP contribution in [0.4, 0.5) is 4.79 Å². The molecule has 0 aromatic heterocycles. The van der Waals surface area contributed by atoms with Crippen molar-refractivity contribution < 1.29 is 14.3 Å². The summed E-state index contributed by atoms with van der Waals surface area (Å²) in [7, 11) is 0. The molecule has 0 spiro atoms. The number of hydrogen-bond donors (Lipinski definition) is 0. The van der Waals surface area contributed by atoms with E-state index >= 15 is 0 Å².